The lowest BCUT2D eigenvalue weighted by molar-refractivity contribution is 0.0797. The molecule has 11 heteroatoms. The van der Waals surface area contributed by atoms with Gasteiger partial charge in [-0.15, -0.1) is 0 Å². The average Bonchev–Trinajstić information content (AvgIpc) is 3.00. The lowest BCUT2D eigenvalue weighted by Gasteiger charge is -2.11. The molecule has 0 unspecified atom stereocenters. The van der Waals surface area contributed by atoms with Crippen molar-refractivity contribution in [3.63, 3.8) is 0 Å². The highest BCUT2D eigenvalue weighted by atomic mass is 35.5. The van der Waals surface area contributed by atoms with Crippen molar-refractivity contribution in [1.29, 1.82) is 0 Å². The van der Waals surface area contributed by atoms with E-state index < -0.39 is 46.1 Å². The number of hydrogen-bond acceptors (Lipinski definition) is 3. The standard InChI is InChI=1S/C16H11ClF4N2O3S/c17-8-1-2-9-12(3-8)22-6-15(9)27(24,25)23-13-4-11(19)14(5-10(13)18)26-7-16(20)21/h1-6,16,22-23H,7H2. The molecule has 27 heavy (non-hydrogen) atoms. The van der Waals surface area contributed by atoms with Gasteiger partial charge in [-0.05, 0) is 18.2 Å². The number of nitrogens with one attached hydrogen (secondary N) is 2. The van der Waals surface area contributed by atoms with Gasteiger partial charge in [0.1, 0.15) is 11.5 Å². The number of anilines is 1. The number of aromatic amines is 1. The van der Waals surface area contributed by atoms with E-state index in [2.05, 4.69) is 9.72 Å². The average molecular weight is 423 g/mol. The summed E-state index contributed by atoms with van der Waals surface area (Å²) in [6.45, 7) is -1.13. The van der Waals surface area contributed by atoms with Gasteiger partial charge in [0.05, 0.1) is 5.69 Å². The molecule has 1 aromatic heterocycles. The zero-order valence-corrected chi connectivity index (χ0v) is 14.8. The summed E-state index contributed by atoms with van der Waals surface area (Å²) in [5.41, 5.74) is -0.259. The summed E-state index contributed by atoms with van der Waals surface area (Å²) in [6, 6.07) is 5.45. The van der Waals surface area contributed by atoms with Crippen molar-refractivity contribution in [2.24, 2.45) is 0 Å². The van der Waals surface area contributed by atoms with Crippen molar-refractivity contribution < 1.29 is 30.7 Å². The Bertz CT molecular complexity index is 1100. The Hall–Kier alpha value is -2.46. The lowest BCUT2D eigenvalue weighted by atomic mass is 10.2. The molecule has 2 aromatic carbocycles. The largest absolute Gasteiger partial charge is 0.484 e. The van der Waals surface area contributed by atoms with E-state index in [-0.39, 0.29) is 4.90 Å². The Labute approximate surface area is 155 Å². The molecule has 0 atom stereocenters. The number of sulfonamides is 1. The monoisotopic (exact) mass is 422 g/mol. The maximum absolute atomic E-state index is 14.1. The van der Waals surface area contributed by atoms with Crippen molar-refractivity contribution in [3.05, 3.63) is 53.2 Å². The van der Waals surface area contributed by atoms with Gasteiger partial charge in [0.25, 0.3) is 16.4 Å². The zero-order chi connectivity index (χ0) is 19.8. The van der Waals surface area contributed by atoms with Crippen molar-refractivity contribution >= 4 is 38.2 Å². The third-order valence-electron chi connectivity index (χ3n) is 3.53. The first kappa shape index (κ1) is 19.3. The van der Waals surface area contributed by atoms with E-state index in [1.165, 1.54) is 24.4 Å². The molecule has 0 saturated carbocycles. The van der Waals surface area contributed by atoms with Crippen LogP contribution in [-0.2, 0) is 10.0 Å². The van der Waals surface area contributed by atoms with E-state index in [1.54, 1.807) is 0 Å². The Balaban J connectivity index is 1.92. The van der Waals surface area contributed by atoms with Gasteiger partial charge in [-0.25, -0.2) is 26.0 Å². The molecular weight excluding hydrogens is 412 g/mol. The van der Waals surface area contributed by atoms with E-state index in [0.29, 0.717) is 28.1 Å². The summed E-state index contributed by atoms with van der Waals surface area (Å²) in [5.74, 6) is -3.13. The molecule has 5 nitrogen and oxygen atoms in total. The number of aromatic nitrogens is 1. The van der Waals surface area contributed by atoms with Gasteiger partial charge in [0.15, 0.2) is 17.4 Å². The molecule has 144 valence electrons. The van der Waals surface area contributed by atoms with Crippen LogP contribution in [0.5, 0.6) is 5.75 Å². The van der Waals surface area contributed by atoms with Gasteiger partial charge in [-0.3, -0.25) is 4.72 Å². The molecule has 0 fully saturated rings. The number of halogens is 5. The normalized spacial score (nSPS) is 11.9. The molecule has 1 heterocycles. The fourth-order valence-corrected chi connectivity index (χ4v) is 3.77. The zero-order valence-electron chi connectivity index (χ0n) is 13.3. The van der Waals surface area contributed by atoms with Crippen LogP contribution in [0.1, 0.15) is 0 Å². The van der Waals surface area contributed by atoms with Gasteiger partial charge in [0, 0.05) is 34.3 Å². The van der Waals surface area contributed by atoms with Crippen LogP contribution in [-0.4, -0.2) is 26.4 Å². The molecule has 0 saturated heterocycles. The molecule has 0 aliphatic heterocycles. The Morgan fingerprint density at radius 3 is 2.59 bits per heavy atom. The second kappa shape index (κ2) is 7.28. The summed E-state index contributed by atoms with van der Waals surface area (Å²) >= 11 is 5.84. The summed E-state index contributed by atoms with van der Waals surface area (Å²) in [4.78, 5) is 2.52. The summed E-state index contributed by atoms with van der Waals surface area (Å²) in [6.07, 6.45) is -1.70. The molecule has 0 aliphatic carbocycles. The number of fused-ring (bicyclic) bond motifs is 1. The summed E-state index contributed by atoms with van der Waals surface area (Å²) < 4.78 is 83.7. The van der Waals surface area contributed by atoms with Crippen LogP contribution >= 0.6 is 11.6 Å². The Morgan fingerprint density at radius 1 is 1.15 bits per heavy atom. The topological polar surface area (TPSA) is 71.2 Å². The number of ether oxygens (including phenoxy) is 1. The van der Waals surface area contributed by atoms with Gasteiger partial charge in [-0.2, -0.15) is 0 Å². The predicted molar refractivity (Wildman–Crippen MR) is 92.0 cm³/mol. The van der Waals surface area contributed by atoms with Crippen LogP contribution in [0.25, 0.3) is 10.9 Å². The first-order valence-electron chi connectivity index (χ1n) is 7.37. The Morgan fingerprint density at radius 2 is 1.89 bits per heavy atom. The van der Waals surface area contributed by atoms with E-state index in [9.17, 15) is 26.0 Å². The van der Waals surface area contributed by atoms with E-state index >= 15 is 0 Å². The highest BCUT2D eigenvalue weighted by molar-refractivity contribution is 7.93. The molecular formula is C16H11ClF4N2O3S. The third kappa shape index (κ3) is 4.11. The summed E-state index contributed by atoms with van der Waals surface area (Å²) in [7, 11) is -4.28. The highest BCUT2D eigenvalue weighted by Crippen LogP contribution is 2.30. The second-order valence-electron chi connectivity index (χ2n) is 5.41. The minimum Gasteiger partial charge on any atom is -0.484 e. The van der Waals surface area contributed by atoms with Crippen LogP contribution in [0.2, 0.25) is 5.02 Å². The molecule has 0 radical (unpaired) electrons. The van der Waals surface area contributed by atoms with Crippen LogP contribution in [0.15, 0.2) is 41.4 Å². The minimum absolute atomic E-state index is 0.202. The minimum atomic E-state index is -4.28. The first-order chi connectivity index (χ1) is 12.7. The number of benzene rings is 2. The van der Waals surface area contributed by atoms with Crippen LogP contribution in [0, 0.1) is 11.6 Å². The smallest absolute Gasteiger partial charge is 0.272 e. The first-order valence-corrected chi connectivity index (χ1v) is 9.23. The summed E-state index contributed by atoms with van der Waals surface area (Å²) in [5, 5.41) is 0.679. The predicted octanol–water partition coefficient (Wildman–Crippen LogP) is 4.54. The highest BCUT2D eigenvalue weighted by Gasteiger charge is 2.22. The van der Waals surface area contributed by atoms with Gasteiger partial charge in [-0.1, -0.05) is 11.6 Å². The van der Waals surface area contributed by atoms with Crippen molar-refractivity contribution in [1.82, 2.24) is 4.98 Å². The van der Waals surface area contributed by atoms with Crippen LogP contribution < -0.4 is 9.46 Å². The van der Waals surface area contributed by atoms with Gasteiger partial charge in [0.2, 0.25) is 0 Å². The molecule has 3 aromatic rings. The SMILES string of the molecule is O=S(=O)(Nc1cc(F)c(OCC(F)F)cc1F)c1c[nH]c2cc(Cl)ccc12. The Kier molecular flexibility index (Phi) is 5.20. The van der Waals surface area contributed by atoms with Gasteiger partial charge < -0.3 is 9.72 Å². The van der Waals surface area contributed by atoms with Crippen molar-refractivity contribution in [3.8, 4) is 5.75 Å². The maximum Gasteiger partial charge on any atom is 0.272 e. The molecule has 0 bridgehead atoms. The third-order valence-corrected chi connectivity index (χ3v) is 5.17. The number of H-pyrrole nitrogens is 1. The van der Waals surface area contributed by atoms with Crippen molar-refractivity contribution in [2.75, 3.05) is 11.3 Å². The van der Waals surface area contributed by atoms with Crippen LogP contribution in [0.3, 0.4) is 0 Å². The fourth-order valence-electron chi connectivity index (χ4n) is 2.36. The quantitative estimate of drug-likeness (QED) is 0.573. The van der Waals surface area contributed by atoms with E-state index in [0.717, 1.165) is 0 Å². The second-order valence-corrected chi connectivity index (χ2v) is 7.50. The molecule has 0 amide bonds. The van der Waals surface area contributed by atoms with Crippen LogP contribution in [0.4, 0.5) is 23.2 Å². The molecule has 0 aliphatic rings. The number of hydrogen-bond donors (Lipinski definition) is 2. The van der Waals surface area contributed by atoms with E-state index in [4.69, 9.17) is 11.6 Å². The fraction of sp³-hybridized carbons (Fsp3) is 0.125. The molecule has 2 N–H and O–H groups in total. The maximum atomic E-state index is 14.1. The van der Waals surface area contributed by atoms with Crippen molar-refractivity contribution in [2.45, 2.75) is 11.3 Å². The van der Waals surface area contributed by atoms with Gasteiger partial charge >= 0.3 is 0 Å². The molecule has 3 rings (SSSR count). The molecule has 0 spiro atoms. The number of alkyl halides is 2. The van der Waals surface area contributed by atoms with E-state index in [1.807, 2.05) is 4.72 Å². The lowest BCUT2D eigenvalue weighted by Crippen LogP contribution is -2.14. The number of rotatable bonds is 6.